The van der Waals surface area contributed by atoms with Gasteiger partial charge in [0.1, 0.15) is 5.82 Å². The van der Waals surface area contributed by atoms with E-state index in [9.17, 15) is 18.4 Å². The van der Waals surface area contributed by atoms with Gasteiger partial charge in [-0.2, -0.15) is 0 Å². The molecule has 2 aromatic rings. The maximum Gasteiger partial charge on any atom is 0.356 e. The summed E-state index contributed by atoms with van der Waals surface area (Å²) in [6.07, 6.45) is 0.927. The Hall–Kier alpha value is -2.74. The van der Waals surface area contributed by atoms with Crippen LogP contribution in [0.4, 0.5) is 14.5 Å². The minimum atomic E-state index is -1.45. The topological polar surface area (TPSA) is 88.5 Å². The standard InChI is InChI=1S/C16H13ClF2N2O4/c1-6-4-9(18)10(12(19)15(6)25-3)8-5-20-14(16(23)24)11(17)13(8)21-7(2)22/h4-5H,1-3H3,(H,23,24)(H,20,21,22). The third-order valence-electron chi connectivity index (χ3n) is 3.36. The number of benzene rings is 1. The summed E-state index contributed by atoms with van der Waals surface area (Å²) in [6.45, 7) is 2.60. The fourth-order valence-electron chi connectivity index (χ4n) is 2.34. The number of methoxy groups -OCH3 is 1. The predicted molar refractivity (Wildman–Crippen MR) is 87.2 cm³/mol. The van der Waals surface area contributed by atoms with Crippen LogP contribution in [0.15, 0.2) is 12.3 Å². The van der Waals surface area contributed by atoms with Crippen molar-refractivity contribution in [2.45, 2.75) is 13.8 Å². The van der Waals surface area contributed by atoms with Gasteiger partial charge >= 0.3 is 5.97 Å². The van der Waals surface area contributed by atoms with E-state index in [0.29, 0.717) is 0 Å². The molecule has 0 atom stereocenters. The van der Waals surface area contributed by atoms with E-state index in [2.05, 4.69) is 10.3 Å². The Morgan fingerprint density at radius 3 is 2.52 bits per heavy atom. The number of ether oxygens (including phenoxy) is 1. The third-order valence-corrected chi connectivity index (χ3v) is 3.72. The molecule has 0 unspecified atom stereocenters. The number of hydrogen-bond acceptors (Lipinski definition) is 4. The van der Waals surface area contributed by atoms with Gasteiger partial charge in [0.25, 0.3) is 0 Å². The van der Waals surface area contributed by atoms with Gasteiger partial charge in [0.15, 0.2) is 17.3 Å². The van der Waals surface area contributed by atoms with Gasteiger partial charge in [-0.05, 0) is 18.6 Å². The molecule has 1 heterocycles. The first-order valence-corrected chi connectivity index (χ1v) is 7.29. The number of rotatable bonds is 4. The van der Waals surface area contributed by atoms with Crippen molar-refractivity contribution in [3.8, 4) is 16.9 Å². The minimum absolute atomic E-state index is 0.191. The molecule has 0 spiro atoms. The number of nitrogens with one attached hydrogen (secondary N) is 1. The van der Waals surface area contributed by atoms with Gasteiger partial charge in [-0.3, -0.25) is 4.79 Å². The number of carbonyl (C=O) groups excluding carboxylic acids is 1. The molecule has 132 valence electrons. The van der Waals surface area contributed by atoms with Crippen molar-refractivity contribution in [3.05, 3.63) is 40.2 Å². The Balaban J connectivity index is 2.86. The van der Waals surface area contributed by atoms with Gasteiger partial charge in [-0.25, -0.2) is 18.6 Å². The van der Waals surface area contributed by atoms with Crippen molar-refractivity contribution in [1.82, 2.24) is 4.98 Å². The second-order valence-corrected chi connectivity index (χ2v) is 5.47. The molecule has 0 aliphatic heterocycles. The summed E-state index contributed by atoms with van der Waals surface area (Å²) < 4.78 is 34.1. The second kappa shape index (κ2) is 7.02. The number of nitrogens with zero attached hydrogens (tertiary/aromatic N) is 1. The molecular weight excluding hydrogens is 358 g/mol. The molecule has 0 fully saturated rings. The van der Waals surface area contributed by atoms with Crippen molar-refractivity contribution in [1.29, 1.82) is 0 Å². The quantitative estimate of drug-likeness (QED) is 0.857. The van der Waals surface area contributed by atoms with E-state index in [1.807, 2.05) is 0 Å². The summed E-state index contributed by atoms with van der Waals surface area (Å²) in [7, 11) is 1.22. The number of carboxylic acid groups (broad SMARTS) is 1. The zero-order valence-electron chi connectivity index (χ0n) is 13.4. The Labute approximate surface area is 146 Å². The summed E-state index contributed by atoms with van der Waals surface area (Å²) in [5.74, 6) is -4.21. The normalized spacial score (nSPS) is 10.5. The molecule has 0 aliphatic rings. The van der Waals surface area contributed by atoms with E-state index >= 15 is 0 Å². The van der Waals surface area contributed by atoms with Crippen LogP contribution < -0.4 is 10.1 Å². The van der Waals surface area contributed by atoms with Crippen LogP contribution in [0.25, 0.3) is 11.1 Å². The lowest BCUT2D eigenvalue weighted by Crippen LogP contribution is -2.12. The number of pyridine rings is 1. The largest absolute Gasteiger partial charge is 0.493 e. The average Bonchev–Trinajstić information content (AvgIpc) is 2.49. The van der Waals surface area contributed by atoms with Crippen molar-refractivity contribution in [3.63, 3.8) is 0 Å². The molecule has 0 saturated heterocycles. The number of hydrogen-bond donors (Lipinski definition) is 2. The van der Waals surface area contributed by atoms with E-state index in [0.717, 1.165) is 19.2 Å². The van der Waals surface area contributed by atoms with Crippen LogP contribution in [-0.4, -0.2) is 29.1 Å². The summed E-state index contributed by atoms with van der Waals surface area (Å²) in [5, 5.41) is 10.9. The van der Waals surface area contributed by atoms with Crippen LogP contribution >= 0.6 is 11.6 Å². The summed E-state index contributed by atoms with van der Waals surface area (Å²) in [5.41, 5.74) is -1.35. The van der Waals surface area contributed by atoms with Crippen LogP contribution in [0.3, 0.4) is 0 Å². The van der Waals surface area contributed by atoms with Crippen molar-refractivity contribution < 1.29 is 28.2 Å². The first kappa shape index (κ1) is 18.6. The highest BCUT2D eigenvalue weighted by atomic mass is 35.5. The fraction of sp³-hybridized carbons (Fsp3) is 0.188. The van der Waals surface area contributed by atoms with E-state index in [1.54, 1.807) is 0 Å². The SMILES string of the molecule is COc1c(C)cc(F)c(-c2cnc(C(=O)O)c(Cl)c2NC(C)=O)c1F. The fourth-order valence-corrected chi connectivity index (χ4v) is 2.62. The first-order valence-electron chi connectivity index (χ1n) is 6.91. The Bertz CT molecular complexity index is 887. The van der Waals surface area contributed by atoms with E-state index in [1.165, 1.54) is 14.0 Å². The van der Waals surface area contributed by atoms with Crippen LogP contribution in [0.1, 0.15) is 23.0 Å². The molecular formula is C16H13ClF2N2O4. The molecule has 0 bridgehead atoms. The lowest BCUT2D eigenvalue weighted by Gasteiger charge is -2.16. The van der Waals surface area contributed by atoms with Gasteiger partial charge in [0.2, 0.25) is 5.91 Å². The number of aryl methyl sites for hydroxylation is 1. The molecule has 25 heavy (non-hydrogen) atoms. The van der Waals surface area contributed by atoms with E-state index in [4.69, 9.17) is 21.4 Å². The Morgan fingerprint density at radius 1 is 1.36 bits per heavy atom. The molecule has 1 amide bonds. The van der Waals surface area contributed by atoms with Crippen molar-refractivity contribution in [2.75, 3.05) is 12.4 Å². The molecule has 0 aliphatic carbocycles. The second-order valence-electron chi connectivity index (χ2n) is 5.09. The molecule has 1 aromatic heterocycles. The Morgan fingerprint density at radius 2 is 2.00 bits per heavy atom. The Kier molecular flexibility index (Phi) is 5.22. The molecule has 2 N–H and O–H groups in total. The van der Waals surface area contributed by atoms with Crippen molar-refractivity contribution >= 4 is 29.2 Å². The summed E-state index contributed by atoms with van der Waals surface area (Å²) in [6, 6.07) is 1.05. The highest BCUT2D eigenvalue weighted by molar-refractivity contribution is 6.37. The van der Waals surface area contributed by atoms with E-state index in [-0.39, 0.29) is 22.6 Å². The number of carboxylic acids is 1. The molecule has 1 aromatic carbocycles. The number of aromatic carboxylic acids is 1. The highest BCUT2D eigenvalue weighted by Crippen LogP contribution is 2.41. The van der Waals surface area contributed by atoms with Gasteiger partial charge < -0.3 is 15.2 Å². The first-order chi connectivity index (χ1) is 11.7. The molecule has 2 rings (SSSR count). The highest BCUT2D eigenvalue weighted by Gasteiger charge is 2.26. The van der Waals surface area contributed by atoms with Gasteiger partial charge in [-0.15, -0.1) is 0 Å². The van der Waals surface area contributed by atoms with Crippen LogP contribution in [0.2, 0.25) is 5.02 Å². The predicted octanol–water partition coefficient (Wildman–Crippen LogP) is 3.65. The van der Waals surface area contributed by atoms with Crippen molar-refractivity contribution in [2.24, 2.45) is 0 Å². The van der Waals surface area contributed by atoms with Crippen LogP contribution in [0, 0.1) is 18.6 Å². The number of carbonyl (C=O) groups is 2. The zero-order chi connectivity index (χ0) is 18.9. The number of amides is 1. The molecule has 6 nitrogen and oxygen atoms in total. The maximum absolute atomic E-state index is 14.7. The maximum atomic E-state index is 14.7. The minimum Gasteiger partial charge on any atom is -0.493 e. The molecule has 0 radical (unpaired) electrons. The smallest absolute Gasteiger partial charge is 0.356 e. The van der Waals surface area contributed by atoms with E-state index < -0.39 is 39.8 Å². The summed E-state index contributed by atoms with van der Waals surface area (Å²) in [4.78, 5) is 26.2. The third kappa shape index (κ3) is 3.39. The molecule has 0 saturated carbocycles. The lowest BCUT2D eigenvalue weighted by atomic mass is 10.0. The zero-order valence-corrected chi connectivity index (χ0v) is 14.2. The van der Waals surface area contributed by atoms with Gasteiger partial charge in [0.05, 0.1) is 23.4 Å². The van der Waals surface area contributed by atoms with Crippen LogP contribution in [0.5, 0.6) is 5.75 Å². The van der Waals surface area contributed by atoms with Crippen LogP contribution in [-0.2, 0) is 4.79 Å². The molecule has 9 heteroatoms. The van der Waals surface area contributed by atoms with Gasteiger partial charge in [-0.1, -0.05) is 11.6 Å². The van der Waals surface area contributed by atoms with Gasteiger partial charge in [0, 0.05) is 18.7 Å². The lowest BCUT2D eigenvalue weighted by molar-refractivity contribution is -0.114. The number of halogens is 3. The average molecular weight is 371 g/mol. The number of anilines is 1. The monoisotopic (exact) mass is 370 g/mol. The summed E-state index contributed by atoms with van der Waals surface area (Å²) >= 11 is 5.98. The number of aromatic nitrogens is 1.